The zero-order valence-electron chi connectivity index (χ0n) is 13.7. The van der Waals surface area contributed by atoms with E-state index in [1.165, 1.54) is 17.5 Å². The molecule has 4 nitrogen and oxygen atoms in total. The van der Waals surface area contributed by atoms with Gasteiger partial charge in [0, 0.05) is 32.3 Å². The van der Waals surface area contributed by atoms with E-state index in [0.717, 1.165) is 31.7 Å². The summed E-state index contributed by atoms with van der Waals surface area (Å²) in [5, 5.41) is 3.50. The van der Waals surface area contributed by atoms with E-state index in [1.807, 2.05) is 0 Å². The Morgan fingerprint density at radius 2 is 2.14 bits per heavy atom. The van der Waals surface area contributed by atoms with Gasteiger partial charge in [0.15, 0.2) is 0 Å². The van der Waals surface area contributed by atoms with Crippen LogP contribution in [0.2, 0.25) is 0 Å². The van der Waals surface area contributed by atoms with Gasteiger partial charge in [-0.25, -0.2) is 0 Å². The van der Waals surface area contributed by atoms with Gasteiger partial charge in [0.2, 0.25) is 0 Å². The molecule has 2 atom stereocenters. The Morgan fingerprint density at radius 1 is 1.33 bits per heavy atom. The van der Waals surface area contributed by atoms with Gasteiger partial charge in [-0.1, -0.05) is 6.07 Å². The minimum Gasteiger partial charge on any atom is -0.497 e. The molecule has 1 N–H and O–H groups in total. The summed E-state index contributed by atoms with van der Waals surface area (Å²) in [5.41, 5.74) is 2.82. The van der Waals surface area contributed by atoms with Crippen molar-refractivity contribution >= 4 is 0 Å². The third-order valence-corrected chi connectivity index (χ3v) is 4.52. The van der Waals surface area contributed by atoms with Gasteiger partial charge in [0.25, 0.3) is 0 Å². The Morgan fingerprint density at radius 3 is 2.81 bits per heavy atom. The van der Waals surface area contributed by atoms with Crippen LogP contribution in [0.4, 0.5) is 0 Å². The molecule has 1 aliphatic carbocycles. The first kappa shape index (κ1) is 16.3. The van der Waals surface area contributed by atoms with Gasteiger partial charge in [-0.05, 0) is 56.6 Å². The van der Waals surface area contributed by atoms with Crippen LogP contribution in [0.25, 0.3) is 0 Å². The lowest BCUT2D eigenvalue weighted by atomic mass is 9.83. The Kier molecular flexibility index (Phi) is 6.03. The quantitative estimate of drug-likeness (QED) is 0.782. The third-order valence-electron chi connectivity index (χ3n) is 4.52. The van der Waals surface area contributed by atoms with E-state index in [2.05, 4.69) is 42.5 Å². The molecular formula is C17H28N2O2. The second-order valence-corrected chi connectivity index (χ2v) is 5.76. The first-order valence-electron chi connectivity index (χ1n) is 7.74. The van der Waals surface area contributed by atoms with Crippen LogP contribution >= 0.6 is 0 Å². The van der Waals surface area contributed by atoms with Gasteiger partial charge in [0.1, 0.15) is 5.75 Å². The number of fused-ring (bicyclic) bond motifs is 1. The van der Waals surface area contributed by atoms with Crippen LogP contribution in [0.1, 0.15) is 30.0 Å². The maximum absolute atomic E-state index is 5.39. The molecule has 1 aliphatic rings. The third kappa shape index (κ3) is 3.76. The molecule has 0 saturated carbocycles. The molecule has 0 fully saturated rings. The fraction of sp³-hybridized carbons (Fsp3) is 0.647. The molecule has 21 heavy (non-hydrogen) atoms. The molecule has 0 aliphatic heterocycles. The lowest BCUT2D eigenvalue weighted by molar-refractivity contribution is 0.142. The highest BCUT2D eigenvalue weighted by Crippen LogP contribution is 2.34. The topological polar surface area (TPSA) is 33.7 Å². The Labute approximate surface area is 128 Å². The van der Waals surface area contributed by atoms with Crippen LogP contribution in [0.5, 0.6) is 5.75 Å². The molecule has 2 rings (SSSR count). The minimum atomic E-state index is 0.358. The summed E-state index contributed by atoms with van der Waals surface area (Å²) >= 11 is 0. The largest absolute Gasteiger partial charge is 0.497 e. The van der Waals surface area contributed by atoms with Crippen LogP contribution < -0.4 is 10.1 Å². The van der Waals surface area contributed by atoms with Gasteiger partial charge >= 0.3 is 0 Å². The van der Waals surface area contributed by atoms with Crippen molar-refractivity contribution in [2.75, 3.05) is 41.5 Å². The molecule has 0 amide bonds. The van der Waals surface area contributed by atoms with Crippen LogP contribution in [-0.2, 0) is 11.2 Å². The van der Waals surface area contributed by atoms with Crippen molar-refractivity contribution in [3.63, 3.8) is 0 Å². The standard InChI is InChI=1S/C17H28N2O2/c1-18-17-15-12-14(21-4)8-6-13(15)7-9-16(17)19(2)10-5-11-20-3/h6,8,12,16-18H,5,7,9-11H2,1-4H3. The molecule has 0 bridgehead atoms. The number of rotatable bonds is 7. The fourth-order valence-corrected chi connectivity index (χ4v) is 3.34. The Balaban J connectivity index is 2.14. The fourth-order valence-electron chi connectivity index (χ4n) is 3.34. The summed E-state index contributed by atoms with van der Waals surface area (Å²) in [6.07, 6.45) is 3.40. The molecule has 4 heteroatoms. The van der Waals surface area contributed by atoms with E-state index < -0.39 is 0 Å². The lowest BCUT2D eigenvalue weighted by Crippen LogP contribution is -2.45. The van der Waals surface area contributed by atoms with Crippen molar-refractivity contribution in [3.05, 3.63) is 29.3 Å². The van der Waals surface area contributed by atoms with Crippen molar-refractivity contribution in [2.45, 2.75) is 31.3 Å². The molecule has 0 radical (unpaired) electrons. The predicted octanol–water partition coefficient (Wildman–Crippen LogP) is 2.24. The predicted molar refractivity (Wildman–Crippen MR) is 86.0 cm³/mol. The Hall–Kier alpha value is -1.10. The summed E-state index contributed by atoms with van der Waals surface area (Å²) < 4.78 is 10.6. The average molecular weight is 292 g/mol. The van der Waals surface area contributed by atoms with Crippen molar-refractivity contribution < 1.29 is 9.47 Å². The first-order valence-corrected chi connectivity index (χ1v) is 7.74. The van der Waals surface area contributed by atoms with Gasteiger partial charge in [-0.3, -0.25) is 0 Å². The number of aryl methyl sites for hydroxylation is 1. The van der Waals surface area contributed by atoms with E-state index in [-0.39, 0.29) is 0 Å². The first-order chi connectivity index (χ1) is 10.2. The minimum absolute atomic E-state index is 0.358. The van der Waals surface area contributed by atoms with Crippen molar-refractivity contribution in [1.29, 1.82) is 0 Å². The number of ether oxygens (including phenoxy) is 2. The summed E-state index contributed by atoms with van der Waals surface area (Å²) in [6.45, 7) is 1.89. The SMILES string of the molecule is CNC1c2cc(OC)ccc2CCC1N(C)CCCOC. The average Bonchev–Trinajstić information content (AvgIpc) is 2.53. The van der Waals surface area contributed by atoms with E-state index >= 15 is 0 Å². The van der Waals surface area contributed by atoms with Crippen LogP contribution in [0.15, 0.2) is 18.2 Å². The number of nitrogens with one attached hydrogen (secondary N) is 1. The number of hydrogen-bond donors (Lipinski definition) is 1. The molecule has 1 aromatic carbocycles. The van der Waals surface area contributed by atoms with Crippen LogP contribution in [0, 0.1) is 0 Å². The summed E-state index contributed by atoms with van der Waals surface area (Å²) in [5.74, 6) is 0.941. The highest BCUT2D eigenvalue weighted by atomic mass is 16.5. The second kappa shape index (κ2) is 7.78. The maximum atomic E-state index is 5.39. The Bertz CT molecular complexity index is 450. The highest BCUT2D eigenvalue weighted by molar-refractivity contribution is 5.40. The van der Waals surface area contributed by atoms with E-state index in [9.17, 15) is 0 Å². The molecule has 0 spiro atoms. The molecular weight excluding hydrogens is 264 g/mol. The van der Waals surface area contributed by atoms with Gasteiger partial charge < -0.3 is 19.7 Å². The number of hydrogen-bond acceptors (Lipinski definition) is 4. The second-order valence-electron chi connectivity index (χ2n) is 5.76. The van der Waals surface area contributed by atoms with Crippen molar-refractivity contribution in [2.24, 2.45) is 0 Å². The van der Waals surface area contributed by atoms with E-state index in [1.54, 1.807) is 14.2 Å². The van der Waals surface area contributed by atoms with Crippen molar-refractivity contribution in [1.82, 2.24) is 10.2 Å². The molecule has 1 aromatic rings. The van der Waals surface area contributed by atoms with Crippen LogP contribution in [0.3, 0.4) is 0 Å². The summed E-state index contributed by atoms with van der Waals surface area (Å²) in [6, 6.07) is 7.34. The zero-order valence-corrected chi connectivity index (χ0v) is 13.7. The van der Waals surface area contributed by atoms with E-state index in [4.69, 9.17) is 9.47 Å². The number of benzene rings is 1. The molecule has 2 unspecified atom stereocenters. The molecule has 0 aromatic heterocycles. The van der Waals surface area contributed by atoms with Crippen LogP contribution in [-0.4, -0.2) is 52.4 Å². The highest BCUT2D eigenvalue weighted by Gasteiger charge is 2.31. The monoisotopic (exact) mass is 292 g/mol. The van der Waals surface area contributed by atoms with Gasteiger partial charge in [-0.15, -0.1) is 0 Å². The maximum Gasteiger partial charge on any atom is 0.119 e. The normalized spacial score (nSPS) is 21.4. The van der Waals surface area contributed by atoms with Crippen molar-refractivity contribution in [3.8, 4) is 5.75 Å². The smallest absolute Gasteiger partial charge is 0.119 e. The van der Waals surface area contributed by atoms with E-state index in [0.29, 0.717) is 12.1 Å². The zero-order chi connectivity index (χ0) is 15.2. The molecule has 118 valence electrons. The number of nitrogens with zero attached hydrogens (tertiary/aromatic N) is 1. The number of methoxy groups -OCH3 is 2. The van der Waals surface area contributed by atoms with Gasteiger partial charge in [0.05, 0.1) is 7.11 Å². The van der Waals surface area contributed by atoms with Gasteiger partial charge in [-0.2, -0.15) is 0 Å². The number of likely N-dealkylation sites (N-methyl/N-ethyl adjacent to an activating group) is 2. The summed E-state index contributed by atoms with van der Waals surface area (Å²) in [4.78, 5) is 2.46. The molecule has 0 saturated heterocycles. The summed E-state index contributed by atoms with van der Waals surface area (Å²) in [7, 11) is 7.76. The lowest BCUT2D eigenvalue weighted by Gasteiger charge is -2.39. The molecule has 0 heterocycles.